The van der Waals surface area contributed by atoms with Gasteiger partial charge in [0.15, 0.2) is 5.89 Å². The van der Waals surface area contributed by atoms with Gasteiger partial charge in [-0.15, -0.1) is 0 Å². The molecule has 10 aromatic rings. The number of piperidine rings is 3. The van der Waals surface area contributed by atoms with E-state index < -0.39 is 32.5 Å². The smallest absolute Gasteiger partial charge is 0.322 e. The Morgan fingerprint density at radius 1 is 0.628 bits per heavy atom. The molecule has 492 valence electrons. The molecular formula is C66H73Cl4N17O6S. The number of carbonyl (C=O) groups is 3. The van der Waals surface area contributed by atoms with Crippen LogP contribution in [0.4, 0.5) is 27.5 Å². The van der Waals surface area contributed by atoms with Crippen molar-refractivity contribution in [3.8, 4) is 0 Å². The minimum Gasteiger partial charge on any atom is -0.444 e. The molecule has 5 fully saturated rings. The standard InChI is InChI=1S/C20H20ClN5O.C16H18ClN5O2.C16H17ClN4O.C14H18ClN3O2S/c21-14-10-17-16(12-23-24-17)18(11-14)25-8-6-20(7-9-25)19(27)26(13-22-20)15-4-2-1-3-5-15;1-15(2)8-22(4-3-16(15)13(23)19-14(24)20-16)12-6-9(17)5-11-10(12)7-18-21-11;1-9-19-15-14(22-9)7-21(8-16(15,2)3)13-5-10(17)4-12-11(13)6-18-20-12;1-2-21(19,20)18-5-3-10(4-6-18)12-7-11(15)8-14-13(12)9-16-17-14/h1-5,10-12,22H,6-9,13H2,(H,23,24);5-7H,3-4,8H2,1-2H3,(H,18,21)(H2,19,20,23,24);4-6H,7-8H2,1-3H3,(H,18,20);7-10H,2-6H2,1H3,(H,16,17). The third-order valence-corrected chi connectivity index (χ3v) is 22.2. The lowest BCUT2D eigenvalue weighted by Crippen LogP contribution is -2.66. The summed E-state index contributed by atoms with van der Waals surface area (Å²) in [6, 6.07) is 24.8. The number of rotatable bonds is 7. The van der Waals surface area contributed by atoms with Crippen LogP contribution in [0.5, 0.6) is 0 Å². The number of nitrogens with one attached hydrogen (secondary N) is 7. The van der Waals surface area contributed by atoms with E-state index >= 15 is 0 Å². The van der Waals surface area contributed by atoms with Gasteiger partial charge >= 0.3 is 6.03 Å². The Morgan fingerprint density at radius 2 is 1.14 bits per heavy atom. The Morgan fingerprint density at radius 3 is 1.67 bits per heavy atom. The number of aromatic amines is 4. The van der Waals surface area contributed by atoms with Crippen LogP contribution in [0.3, 0.4) is 0 Å². The molecule has 1 unspecified atom stereocenters. The minimum absolute atomic E-state index is 0.0796. The van der Waals surface area contributed by atoms with Crippen molar-refractivity contribution < 1.29 is 27.2 Å². The molecule has 28 heteroatoms. The first kappa shape index (κ1) is 64.7. The van der Waals surface area contributed by atoms with Crippen LogP contribution in [-0.4, -0.2) is 146 Å². The maximum absolute atomic E-state index is 13.2. The van der Waals surface area contributed by atoms with E-state index in [1.54, 1.807) is 17.4 Å². The summed E-state index contributed by atoms with van der Waals surface area (Å²) >= 11 is 25.0. The quantitative estimate of drug-likeness (QED) is 0.0731. The second-order valence-corrected chi connectivity index (χ2v) is 30.3. The fraction of sp³-hybridized carbons (Fsp3) is 0.394. The van der Waals surface area contributed by atoms with Gasteiger partial charge in [-0.1, -0.05) is 92.3 Å². The lowest BCUT2D eigenvalue weighted by molar-refractivity contribution is -0.129. The average Bonchev–Trinajstić information content (AvgIpc) is 1.43. The van der Waals surface area contributed by atoms with Crippen LogP contribution in [0.1, 0.15) is 95.5 Å². The molecular weight excluding hydrogens is 1300 g/mol. The molecule has 94 heavy (non-hydrogen) atoms. The number of hydrogen-bond donors (Lipinski definition) is 7. The number of H-pyrrole nitrogens is 4. The summed E-state index contributed by atoms with van der Waals surface area (Å²) in [7, 11) is -3.08. The molecule has 0 saturated carbocycles. The topological polar surface area (TPSA) is 278 Å². The summed E-state index contributed by atoms with van der Waals surface area (Å²) in [4.78, 5) is 50.4. The number of aromatic nitrogens is 9. The van der Waals surface area contributed by atoms with Crippen LogP contribution < -0.4 is 35.6 Å². The van der Waals surface area contributed by atoms with E-state index in [0.29, 0.717) is 71.8 Å². The summed E-state index contributed by atoms with van der Waals surface area (Å²) in [5.74, 6) is 2.09. The van der Waals surface area contributed by atoms with Crippen molar-refractivity contribution in [3.63, 3.8) is 0 Å². The number of aryl methyl sites for hydroxylation is 1. The molecule has 5 aromatic heterocycles. The van der Waals surface area contributed by atoms with Gasteiger partial charge in [0.1, 0.15) is 16.8 Å². The normalized spacial score (nSPS) is 20.3. The van der Waals surface area contributed by atoms with Gasteiger partial charge in [-0.2, -0.15) is 20.4 Å². The van der Waals surface area contributed by atoms with Crippen molar-refractivity contribution in [2.45, 2.75) is 103 Å². The molecule has 1 atom stereocenters. The Bertz CT molecular complexity index is 4630. The molecule has 11 heterocycles. The maximum Gasteiger partial charge on any atom is 0.322 e. The molecule has 4 amide bonds. The highest BCUT2D eigenvalue weighted by Crippen LogP contribution is 2.45. The summed E-state index contributed by atoms with van der Waals surface area (Å²) in [6.07, 6.45) is 11.0. The lowest BCUT2D eigenvalue weighted by atomic mass is 9.67. The summed E-state index contributed by atoms with van der Waals surface area (Å²) in [5, 5.41) is 43.9. The van der Waals surface area contributed by atoms with E-state index in [2.05, 4.69) is 90.3 Å². The van der Waals surface area contributed by atoms with Crippen LogP contribution >= 0.6 is 46.4 Å². The summed E-state index contributed by atoms with van der Waals surface area (Å²) in [6.45, 7) is 18.1. The zero-order chi connectivity index (χ0) is 66.1. The SMILES string of the molecule is CC1(C)CN(c2cc(Cl)cc3[nH]ncc23)CCC12NC(=O)NC2=O.CCS(=O)(=O)N1CCC(c2cc(Cl)cc3[nH]ncc23)CC1.Cc1nc2c(o1)CN(c1cc(Cl)cc3[nH]ncc13)CC2(C)C.O=C1N(c2ccccc2)CNC12CCN(c1cc(Cl)cc3[nH]ncc13)CC2. The van der Waals surface area contributed by atoms with Gasteiger partial charge in [-0.25, -0.2) is 22.5 Å². The average molecular weight is 1370 g/mol. The number of oxazole rings is 1. The van der Waals surface area contributed by atoms with Crippen LogP contribution in [0.15, 0.2) is 108 Å². The molecule has 7 N–H and O–H groups in total. The van der Waals surface area contributed by atoms with E-state index in [1.165, 1.54) is 5.56 Å². The van der Waals surface area contributed by atoms with E-state index in [1.807, 2.05) is 123 Å². The highest BCUT2D eigenvalue weighted by molar-refractivity contribution is 7.89. The fourth-order valence-corrected chi connectivity index (χ4v) is 16.5. The van der Waals surface area contributed by atoms with Crippen LogP contribution in [0, 0.1) is 12.3 Å². The van der Waals surface area contributed by atoms with Crippen LogP contribution in [0.2, 0.25) is 20.1 Å². The molecule has 0 radical (unpaired) electrons. The Labute approximate surface area is 563 Å². The van der Waals surface area contributed by atoms with Crippen molar-refractivity contribution in [1.82, 2.24) is 66.0 Å². The van der Waals surface area contributed by atoms with Gasteiger partial charge in [0, 0.05) is 128 Å². The van der Waals surface area contributed by atoms with Gasteiger partial charge in [0.05, 0.1) is 71.5 Å². The molecule has 5 aromatic carbocycles. The number of carbonyl (C=O) groups excluding carboxylic acids is 3. The first-order chi connectivity index (χ1) is 44.9. The van der Waals surface area contributed by atoms with E-state index in [0.717, 1.165) is 129 Å². The molecule has 5 saturated heterocycles. The largest absolute Gasteiger partial charge is 0.444 e. The molecule has 0 bridgehead atoms. The highest BCUT2D eigenvalue weighted by Gasteiger charge is 2.59. The van der Waals surface area contributed by atoms with Gasteiger partial charge in [0.25, 0.3) is 5.91 Å². The van der Waals surface area contributed by atoms with Gasteiger partial charge in [-0.05, 0) is 111 Å². The summed E-state index contributed by atoms with van der Waals surface area (Å²) in [5.41, 5.74) is 8.13. The van der Waals surface area contributed by atoms with Crippen molar-refractivity contribution in [2.75, 3.05) is 77.8 Å². The molecule has 0 aliphatic carbocycles. The number of sulfonamides is 1. The van der Waals surface area contributed by atoms with Crippen LogP contribution in [0.25, 0.3) is 43.6 Å². The zero-order valence-corrected chi connectivity index (χ0v) is 56.7. The van der Waals surface area contributed by atoms with Gasteiger partial charge < -0.3 is 24.4 Å². The van der Waals surface area contributed by atoms with Crippen molar-refractivity contribution in [2.24, 2.45) is 5.41 Å². The number of anilines is 4. The fourth-order valence-electron chi connectivity index (χ4n) is 14.5. The zero-order valence-electron chi connectivity index (χ0n) is 52.8. The number of urea groups is 1. The predicted octanol–water partition coefficient (Wildman–Crippen LogP) is 11.7. The first-order valence-electron chi connectivity index (χ1n) is 31.4. The maximum atomic E-state index is 13.2. The summed E-state index contributed by atoms with van der Waals surface area (Å²) < 4.78 is 31.2. The third kappa shape index (κ3) is 12.3. The molecule has 16 rings (SSSR count). The number of nitrogens with zero attached hydrogens (tertiary/aromatic N) is 10. The minimum atomic E-state index is -3.08. The van der Waals surface area contributed by atoms with E-state index in [9.17, 15) is 22.8 Å². The van der Waals surface area contributed by atoms with Crippen molar-refractivity contribution in [1.29, 1.82) is 0 Å². The monoisotopic (exact) mass is 1370 g/mol. The number of amides is 4. The number of halogens is 4. The van der Waals surface area contributed by atoms with Crippen molar-refractivity contribution in [3.05, 3.63) is 147 Å². The number of benzene rings is 5. The van der Waals surface area contributed by atoms with E-state index in [-0.39, 0.29) is 23.0 Å². The number of hydrogen-bond acceptors (Lipinski definition) is 15. The number of fused-ring (bicyclic) bond motifs is 5. The Hall–Kier alpha value is -7.97. The first-order valence-corrected chi connectivity index (χ1v) is 34.5. The molecule has 6 aliphatic heterocycles. The number of imide groups is 1. The Kier molecular flexibility index (Phi) is 17.4. The second-order valence-electron chi connectivity index (χ2n) is 26.3. The lowest BCUT2D eigenvalue weighted by Gasteiger charge is -2.50. The second kappa shape index (κ2) is 25.3. The number of para-hydroxylation sites is 1. The predicted molar refractivity (Wildman–Crippen MR) is 369 cm³/mol. The highest BCUT2D eigenvalue weighted by atomic mass is 35.5. The van der Waals surface area contributed by atoms with E-state index in [4.69, 9.17) is 50.8 Å². The molecule has 6 aliphatic rings. The van der Waals surface area contributed by atoms with Gasteiger partial charge in [0.2, 0.25) is 15.9 Å². The Balaban J connectivity index is 0.000000114. The van der Waals surface area contributed by atoms with Crippen molar-refractivity contribution >= 4 is 141 Å². The molecule has 23 nitrogen and oxygen atoms in total. The van der Waals surface area contributed by atoms with Gasteiger partial charge in [-0.3, -0.25) is 45.5 Å². The molecule has 2 spiro atoms. The van der Waals surface area contributed by atoms with Crippen LogP contribution in [-0.2, 0) is 31.6 Å². The third-order valence-electron chi connectivity index (χ3n) is 19.5.